The van der Waals surface area contributed by atoms with Gasteiger partial charge in [-0.05, 0) is 12.1 Å². The fourth-order valence-corrected chi connectivity index (χ4v) is 2.34. The summed E-state index contributed by atoms with van der Waals surface area (Å²) in [4.78, 5) is 4.55. The maximum absolute atomic E-state index is 5.31. The standard InChI is InChI=1S/C13H9NOS/c1-2-5-10(6-3-1)13-14-11(9-16-13)12-7-4-8-15-12/h1-9H. The van der Waals surface area contributed by atoms with Crippen LogP contribution in [0.2, 0.25) is 0 Å². The Bertz CT molecular complexity index is 569. The first-order valence-corrected chi connectivity index (χ1v) is 5.86. The summed E-state index contributed by atoms with van der Waals surface area (Å²) in [5.41, 5.74) is 2.04. The van der Waals surface area contributed by atoms with Gasteiger partial charge in [-0.3, -0.25) is 0 Å². The van der Waals surface area contributed by atoms with Crippen molar-refractivity contribution in [2.24, 2.45) is 0 Å². The summed E-state index contributed by atoms with van der Waals surface area (Å²) in [5.74, 6) is 0.818. The first-order valence-electron chi connectivity index (χ1n) is 4.98. The van der Waals surface area contributed by atoms with E-state index < -0.39 is 0 Å². The molecular weight excluding hydrogens is 218 g/mol. The zero-order valence-corrected chi connectivity index (χ0v) is 9.28. The Morgan fingerprint density at radius 3 is 2.62 bits per heavy atom. The first-order chi connectivity index (χ1) is 7.93. The van der Waals surface area contributed by atoms with Crippen LogP contribution in [0.3, 0.4) is 0 Å². The van der Waals surface area contributed by atoms with Crippen LogP contribution in [0.5, 0.6) is 0 Å². The minimum absolute atomic E-state index is 0.818. The van der Waals surface area contributed by atoms with Crippen molar-refractivity contribution in [2.45, 2.75) is 0 Å². The molecule has 0 fully saturated rings. The third-order valence-corrected chi connectivity index (χ3v) is 3.19. The third kappa shape index (κ3) is 1.66. The normalized spacial score (nSPS) is 10.5. The number of nitrogens with zero attached hydrogens (tertiary/aromatic N) is 1. The molecule has 0 amide bonds. The molecule has 16 heavy (non-hydrogen) atoms. The highest BCUT2D eigenvalue weighted by Gasteiger charge is 2.07. The van der Waals surface area contributed by atoms with E-state index in [0.29, 0.717) is 0 Å². The van der Waals surface area contributed by atoms with Crippen molar-refractivity contribution >= 4 is 11.3 Å². The lowest BCUT2D eigenvalue weighted by atomic mass is 10.2. The van der Waals surface area contributed by atoms with Crippen molar-refractivity contribution in [1.82, 2.24) is 4.98 Å². The molecule has 0 aliphatic rings. The zero-order chi connectivity index (χ0) is 10.8. The first kappa shape index (κ1) is 9.36. The van der Waals surface area contributed by atoms with Crippen molar-refractivity contribution in [3.63, 3.8) is 0 Å². The van der Waals surface area contributed by atoms with Gasteiger partial charge >= 0.3 is 0 Å². The largest absolute Gasteiger partial charge is 0.463 e. The van der Waals surface area contributed by atoms with Gasteiger partial charge in [0.1, 0.15) is 10.7 Å². The number of rotatable bonds is 2. The number of hydrogen-bond acceptors (Lipinski definition) is 3. The Balaban J connectivity index is 2.00. The van der Waals surface area contributed by atoms with E-state index in [-0.39, 0.29) is 0 Å². The quantitative estimate of drug-likeness (QED) is 0.659. The average Bonchev–Trinajstić information content (AvgIpc) is 3.01. The van der Waals surface area contributed by atoms with Crippen LogP contribution in [0.4, 0.5) is 0 Å². The van der Waals surface area contributed by atoms with Gasteiger partial charge in [-0.15, -0.1) is 11.3 Å². The lowest BCUT2D eigenvalue weighted by Gasteiger charge is -1.93. The lowest BCUT2D eigenvalue weighted by Crippen LogP contribution is -1.76. The molecule has 0 saturated heterocycles. The highest BCUT2D eigenvalue weighted by atomic mass is 32.1. The molecule has 0 bridgehead atoms. The number of furan rings is 1. The van der Waals surface area contributed by atoms with E-state index in [9.17, 15) is 0 Å². The molecule has 78 valence electrons. The molecule has 2 heterocycles. The van der Waals surface area contributed by atoms with Gasteiger partial charge in [0.15, 0.2) is 5.76 Å². The molecule has 3 rings (SSSR count). The molecule has 0 aliphatic carbocycles. The summed E-state index contributed by atoms with van der Waals surface area (Å²) in [7, 11) is 0. The molecular formula is C13H9NOS. The molecule has 0 spiro atoms. The second-order valence-electron chi connectivity index (χ2n) is 3.38. The van der Waals surface area contributed by atoms with Gasteiger partial charge in [0.25, 0.3) is 0 Å². The average molecular weight is 227 g/mol. The summed E-state index contributed by atoms with van der Waals surface area (Å²) in [6.07, 6.45) is 1.66. The topological polar surface area (TPSA) is 26.0 Å². The number of benzene rings is 1. The maximum Gasteiger partial charge on any atom is 0.153 e. The van der Waals surface area contributed by atoms with Crippen LogP contribution >= 0.6 is 11.3 Å². The van der Waals surface area contributed by atoms with Gasteiger partial charge in [0.2, 0.25) is 0 Å². The van der Waals surface area contributed by atoms with E-state index in [4.69, 9.17) is 4.42 Å². The Morgan fingerprint density at radius 2 is 1.88 bits per heavy atom. The SMILES string of the molecule is c1ccc(-c2nc(-c3ccco3)cs2)cc1. The van der Waals surface area contributed by atoms with Gasteiger partial charge in [-0.1, -0.05) is 30.3 Å². The molecule has 0 radical (unpaired) electrons. The predicted octanol–water partition coefficient (Wildman–Crippen LogP) is 4.07. The summed E-state index contributed by atoms with van der Waals surface area (Å²) < 4.78 is 5.31. The molecule has 0 saturated carbocycles. The van der Waals surface area contributed by atoms with Crippen LogP contribution in [0.1, 0.15) is 0 Å². The number of hydrogen-bond donors (Lipinski definition) is 0. The molecule has 3 heteroatoms. The summed E-state index contributed by atoms with van der Waals surface area (Å²) in [6.45, 7) is 0. The Morgan fingerprint density at radius 1 is 1.00 bits per heavy atom. The zero-order valence-electron chi connectivity index (χ0n) is 8.46. The number of aromatic nitrogens is 1. The highest BCUT2D eigenvalue weighted by molar-refractivity contribution is 7.13. The van der Waals surface area contributed by atoms with Crippen LogP contribution < -0.4 is 0 Å². The second-order valence-corrected chi connectivity index (χ2v) is 4.24. The van der Waals surface area contributed by atoms with Crippen LogP contribution in [0.15, 0.2) is 58.5 Å². The van der Waals surface area contributed by atoms with E-state index >= 15 is 0 Å². The Hall–Kier alpha value is -1.87. The van der Waals surface area contributed by atoms with Gasteiger partial charge in [-0.25, -0.2) is 4.98 Å². The smallest absolute Gasteiger partial charge is 0.153 e. The molecule has 0 atom stereocenters. The van der Waals surface area contributed by atoms with Gasteiger partial charge in [0.05, 0.1) is 6.26 Å². The fraction of sp³-hybridized carbons (Fsp3) is 0. The maximum atomic E-state index is 5.31. The van der Waals surface area contributed by atoms with Crippen molar-refractivity contribution in [2.75, 3.05) is 0 Å². The summed E-state index contributed by atoms with van der Waals surface area (Å²) >= 11 is 1.63. The van der Waals surface area contributed by atoms with Gasteiger partial charge in [0, 0.05) is 10.9 Å². The minimum Gasteiger partial charge on any atom is -0.463 e. The molecule has 3 aromatic rings. The molecule has 2 aromatic heterocycles. The molecule has 0 N–H and O–H groups in total. The van der Waals surface area contributed by atoms with Crippen LogP contribution in [0.25, 0.3) is 22.0 Å². The number of thiazole rings is 1. The van der Waals surface area contributed by atoms with Gasteiger partial charge in [-0.2, -0.15) is 0 Å². The van der Waals surface area contributed by atoms with Crippen molar-refractivity contribution in [3.05, 3.63) is 54.1 Å². The Labute approximate surface area is 97.2 Å². The van der Waals surface area contributed by atoms with E-state index in [1.54, 1.807) is 17.6 Å². The van der Waals surface area contributed by atoms with E-state index in [0.717, 1.165) is 22.0 Å². The monoisotopic (exact) mass is 227 g/mol. The van der Waals surface area contributed by atoms with Crippen molar-refractivity contribution < 1.29 is 4.42 Å². The van der Waals surface area contributed by atoms with Crippen LogP contribution in [-0.2, 0) is 0 Å². The lowest BCUT2D eigenvalue weighted by molar-refractivity contribution is 0.580. The second kappa shape index (κ2) is 3.94. The third-order valence-electron chi connectivity index (χ3n) is 2.30. The van der Waals surface area contributed by atoms with E-state index in [1.807, 2.05) is 35.7 Å². The molecule has 2 nitrogen and oxygen atoms in total. The van der Waals surface area contributed by atoms with Crippen molar-refractivity contribution in [1.29, 1.82) is 0 Å². The fourth-order valence-electron chi connectivity index (χ4n) is 1.52. The molecule has 1 aromatic carbocycles. The highest BCUT2D eigenvalue weighted by Crippen LogP contribution is 2.28. The minimum atomic E-state index is 0.818. The predicted molar refractivity (Wildman–Crippen MR) is 65.3 cm³/mol. The van der Waals surface area contributed by atoms with Gasteiger partial charge < -0.3 is 4.42 Å². The van der Waals surface area contributed by atoms with Crippen molar-refractivity contribution in [3.8, 4) is 22.0 Å². The van der Waals surface area contributed by atoms with Crippen LogP contribution in [-0.4, -0.2) is 4.98 Å². The Kier molecular flexibility index (Phi) is 2.31. The molecule has 0 aliphatic heterocycles. The summed E-state index contributed by atoms with van der Waals surface area (Å²) in [6, 6.07) is 14.0. The summed E-state index contributed by atoms with van der Waals surface area (Å²) in [5, 5.41) is 3.04. The van der Waals surface area contributed by atoms with Crippen LogP contribution in [0, 0.1) is 0 Å². The molecule has 0 unspecified atom stereocenters. The van der Waals surface area contributed by atoms with E-state index in [2.05, 4.69) is 17.1 Å². The van der Waals surface area contributed by atoms with E-state index in [1.165, 1.54) is 0 Å².